The lowest BCUT2D eigenvalue weighted by molar-refractivity contribution is -0.111. The first-order valence-electron chi connectivity index (χ1n) is 12.0. The first kappa shape index (κ1) is 27.5. The van der Waals surface area contributed by atoms with Crippen LogP contribution >= 0.6 is 0 Å². The summed E-state index contributed by atoms with van der Waals surface area (Å²) in [5.74, 6) is -1.15. The van der Waals surface area contributed by atoms with Crippen molar-refractivity contribution in [1.82, 2.24) is 24.4 Å². The lowest BCUT2D eigenvalue weighted by Crippen LogP contribution is -2.29. The lowest BCUT2D eigenvalue weighted by atomic mass is 10.2. The number of imidazole rings is 1. The zero-order valence-corrected chi connectivity index (χ0v) is 22.4. The van der Waals surface area contributed by atoms with E-state index < -0.39 is 11.6 Å². The second kappa shape index (κ2) is 11.4. The van der Waals surface area contributed by atoms with Crippen LogP contribution in [-0.2, 0) is 11.8 Å². The maximum atomic E-state index is 13.8. The van der Waals surface area contributed by atoms with Crippen molar-refractivity contribution in [3.8, 4) is 17.3 Å². The fraction of sp³-hybridized carbons (Fsp3) is 0.259. The highest BCUT2D eigenvalue weighted by atomic mass is 19.2. The van der Waals surface area contributed by atoms with Gasteiger partial charge in [-0.25, -0.2) is 23.7 Å². The average molecular weight is 537 g/mol. The van der Waals surface area contributed by atoms with E-state index in [4.69, 9.17) is 4.74 Å². The van der Waals surface area contributed by atoms with Gasteiger partial charge in [0.2, 0.25) is 11.9 Å². The van der Waals surface area contributed by atoms with Gasteiger partial charge < -0.3 is 29.7 Å². The number of aryl methyl sites for hydroxylation is 1. The van der Waals surface area contributed by atoms with Crippen LogP contribution in [0.25, 0.3) is 22.6 Å². The fourth-order valence-electron chi connectivity index (χ4n) is 3.99. The predicted molar refractivity (Wildman–Crippen MR) is 149 cm³/mol. The summed E-state index contributed by atoms with van der Waals surface area (Å²) in [6, 6.07) is 7.35. The van der Waals surface area contributed by atoms with Crippen LogP contribution in [0.1, 0.15) is 0 Å². The van der Waals surface area contributed by atoms with Crippen molar-refractivity contribution < 1.29 is 18.3 Å². The van der Waals surface area contributed by atoms with E-state index in [2.05, 4.69) is 37.1 Å². The van der Waals surface area contributed by atoms with Crippen LogP contribution in [0.2, 0.25) is 0 Å². The number of halogens is 2. The summed E-state index contributed by atoms with van der Waals surface area (Å²) in [6.45, 7) is 5.05. The molecule has 0 bridgehead atoms. The molecular weight excluding hydrogens is 506 g/mol. The van der Waals surface area contributed by atoms with E-state index in [0.29, 0.717) is 46.2 Å². The third-order valence-corrected chi connectivity index (χ3v) is 6.11. The van der Waals surface area contributed by atoms with Gasteiger partial charge >= 0.3 is 0 Å². The molecule has 2 aromatic heterocycles. The van der Waals surface area contributed by atoms with Crippen molar-refractivity contribution in [2.75, 3.05) is 56.9 Å². The highest BCUT2D eigenvalue weighted by Gasteiger charge is 2.18. The third-order valence-electron chi connectivity index (χ3n) is 6.11. The second-order valence-corrected chi connectivity index (χ2v) is 9.13. The maximum absolute atomic E-state index is 13.8. The quantitative estimate of drug-likeness (QED) is 0.291. The molecule has 0 aliphatic carbocycles. The van der Waals surface area contributed by atoms with Crippen molar-refractivity contribution >= 4 is 40.0 Å². The molecule has 4 aromatic rings. The molecule has 2 heterocycles. The van der Waals surface area contributed by atoms with Gasteiger partial charge in [-0.1, -0.05) is 6.58 Å². The molecule has 0 saturated heterocycles. The molecule has 10 nitrogen and oxygen atoms in total. The third kappa shape index (κ3) is 5.96. The van der Waals surface area contributed by atoms with Crippen molar-refractivity contribution in [3.63, 3.8) is 0 Å². The van der Waals surface area contributed by atoms with Gasteiger partial charge in [0, 0.05) is 51.6 Å². The Morgan fingerprint density at radius 3 is 2.54 bits per heavy atom. The summed E-state index contributed by atoms with van der Waals surface area (Å²) in [7, 11) is 9.14. The maximum Gasteiger partial charge on any atom is 0.247 e. The van der Waals surface area contributed by atoms with E-state index in [1.54, 1.807) is 37.1 Å². The monoisotopic (exact) mass is 536 g/mol. The van der Waals surface area contributed by atoms with Gasteiger partial charge in [-0.3, -0.25) is 4.79 Å². The molecule has 0 atom stereocenters. The van der Waals surface area contributed by atoms with E-state index in [1.165, 1.54) is 6.08 Å². The predicted octanol–water partition coefficient (Wildman–Crippen LogP) is 4.18. The molecule has 0 fully saturated rings. The van der Waals surface area contributed by atoms with Crippen LogP contribution < -0.4 is 20.3 Å². The topological polar surface area (TPSA) is 100 Å². The molecule has 204 valence electrons. The van der Waals surface area contributed by atoms with E-state index >= 15 is 0 Å². The number of hydrogen-bond donors (Lipinski definition) is 2. The molecule has 39 heavy (non-hydrogen) atoms. The van der Waals surface area contributed by atoms with Crippen LogP contribution in [-0.4, -0.2) is 71.7 Å². The van der Waals surface area contributed by atoms with Gasteiger partial charge in [0.25, 0.3) is 0 Å². The van der Waals surface area contributed by atoms with Gasteiger partial charge in [-0.15, -0.1) is 0 Å². The number of aromatic nitrogens is 4. The van der Waals surface area contributed by atoms with E-state index in [1.807, 2.05) is 32.1 Å². The van der Waals surface area contributed by atoms with Gasteiger partial charge in [0.15, 0.2) is 17.5 Å². The van der Waals surface area contributed by atoms with Crippen LogP contribution in [0.4, 0.5) is 31.8 Å². The number of likely N-dealkylation sites (N-methyl/N-ethyl adjacent to an activating group) is 2. The SMILES string of the molecule is C=CC(=O)Nc1cc(Nc2nccc(-c3nc4cc(F)c(F)cc4n3C)n2)c(OC)cc1N(C)CCN(C)C. The second-order valence-electron chi connectivity index (χ2n) is 9.13. The molecule has 0 saturated carbocycles. The molecular formula is C27H30F2N8O2. The summed E-state index contributed by atoms with van der Waals surface area (Å²) >= 11 is 0. The molecule has 2 aromatic carbocycles. The number of nitrogens with one attached hydrogen (secondary N) is 2. The molecule has 2 N–H and O–H groups in total. The number of fused-ring (bicyclic) bond motifs is 1. The van der Waals surface area contributed by atoms with Crippen LogP contribution in [0.5, 0.6) is 5.75 Å². The van der Waals surface area contributed by atoms with Crippen molar-refractivity contribution in [3.05, 3.63) is 60.8 Å². The highest BCUT2D eigenvalue weighted by Crippen LogP contribution is 2.38. The van der Waals surface area contributed by atoms with Gasteiger partial charge in [-0.05, 0) is 32.3 Å². The summed E-state index contributed by atoms with van der Waals surface area (Å²) in [4.78, 5) is 29.6. The molecule has 4 rings (SSSR count). The van der Waals surface area contributed by atoms with Crippen LogP contribution in [0.3, 0.4) is 0 Å². The average Bonchev–Trinajstić information content (AvgIpc) is 3.22. The number of anilines is 4. The summed E-state index contributed by atoms with van der Waals surface area (Å²) in [6.07, 6.45) is 2.74. The van der Waals surface area contributed by atoms with Crippen LogP contribution in [0.15, 0.2) is 49.2 Å². The van der Waals surface area contributed by atoms with E-state index in [0.717, 1.165) is 24.4 Å². The summed E-state index contributed by atoms with van der Waals surface area (Å²) < 4.78 is 34.8. The number of hydrogen-bond acceptors (Lipinski definition) is 8. The zero-order chi connectivity index (χ0) is 28.3. The number of rotatable bonds is 10. The molecule has 0 aliphatic rings. The summed E-state index contributed by atoms with van der Waals surface area (Å²) in [5, 5.41) is 6.00. The number of carbonyl (C=O) groups is 1. The van der Waals surface area contributed by atoms with Crippen LogP contribution in [0, 0.1) is 11.6 Å². The highest BCUT2D eigenvalue weighted by molar-refractivity contribution is 6.02. The molecule has 0 aliphatic heterocycles. The summed E-state index contributed by atoms with van der Waals surface area (Å²) in [5.41, 5.74) is 2.97. The molecule has 0 spiro atoms. The Morgan fingerprint density at radius 2 is 1.85 bits per heavy atom. The number of benzene rings is 2. The normalized spacial score (nSPS) is 11.1. The van der Waals surface area contributed by atoms with E-state index in [9.17, 15) is 13.6 Å². The number of nitrogens with zero attached hydrogens (tertiary/aromatic N) is 6. The molecule has 12 heteroatoms. The molecule has 0 unspecified atom stereocenters. The molecule has 0 radical (unpaired) electrons. The number of ether oxygens (including phenoxy) is 1. The fourth-order valence-corrected chi connectivity index (χ4v) is 3.99. The minimum atomic E-state index is -0.973. The lowest BCUT2D eigenvalue weighted by Gasteiger charge is -2.26. The number of amides is 1. The van der Waals surface area contributed by atoms with Gasteiger partial charge in [0.05, 0.1) is 35.2 Å². The van der Waals surface area contributed by atoms with Crippen molar-refractivity contribution in [1.29, 1.82) is 0 Å². The number of carbonyl (C=O) groups excluding carboxylic acids is 1. The Labute approximate surface area is 224 Å². The number of methoxy groups -OCH3 is 1. The minimum Gasteiger partial charge on any atom is -0.494 e. The smallest absolute Gasteiger partial charge is 0.247 e. The standard InChI is InChI=1S/C27H30F2N8O2/c1-7-25(38)31-20-14-21(24(39-6)15-22(20)36(4)11-10-35(2)3)34-27-30-9-8-18(33-27)26-32-19-12-16(28)17(29)13-23(19)37(26)5/h7-9,12-15H,1,10-11H2,2-6H3,(H,31,38)(H,30,33,34). The van der Waals surface area contributed by atoms with Crippen molar-refractivity contribution in [2.24, 2.45) is 7.05 Å². The first-order valence-corrected chi connectivity index (χ1v) is 12.0. The minimum absolute atomic E-state index is 0.227. The first-order chi connectivity index (χ1) is 18.6. The largest absolute Gasteiger partial charge is 0.494 e. The Kier molecular flexibility index (Phi) is 8.05. The Balaban J connectivity index is 1.71. The van der Waals surface area contributed by atoms with Gasteiger partial charge in [-0.2, -0.15) is 0 Å². The van der Waals surface area contributed by atoms with E-state index in [-0.39, 0.29) is 11.9 Å². The Bertz CT molecular complexity index is 1540. The van der Waals surface area contributed by atoms with Crippen molar-refractivity contribution in [2.45, 2.75) is 0 Å². The Morgan fingerprint density at radius 1 is 1.10 bits per heavy atom. The zero-order valence-electron chi connectivity index (χ0n) is 22.4. The van der Waals surface area contributed by atoms with Gasteiger partial charge in [0.1, 0.15) is 11.4 Å². The molecule has 1 amide bonds. The Hall–Kier alpha value is -4.58.